The minimum absolute atomic E-state index is 0.178. The molecule has 0 spiro atoms. The summed E-state index contributed by atoms with van der Waals surface area (Å²) in [7, 11) is 0. The normalized spacial score (nSPS) is 18.7. The predicted molar refractivity (Wildman–Crippen MR) is 86.3 cm³/mol. The third-order valence-electron chi connectivity index (χ3n) is 4.01. The van der Waals surface area contributed by atoms with Crippen molar-refractivity contribution in [1.29, 1.82) is 0 Å². The minimum atomic E-state index is -0.178. The molecule has 1 atom stereocenters. The summed E-state index contributed by atoms with van der Waals surface area (Å²) in [5.74, 6) is -0.178. The Morgan fingerprint density at radius 2 is 2.05 bits per heavy atom. The topological polar surface area (TPSA) is 51.4 Å². The van der Waals surface area contributed by atoms with Crippen molar-refractivity contribution >= 4 is 29.1 Å². The molecule has 1 saturated heterocycles. The third-order valence-corrected chi connectivity index (χ3v) is 4.70. The molecule has 0 aliphatic carbocycles. The van der Waals surface area contributed by atoms with E-state index in [9.17, 15) is 4.79 Å². The average Bonchev–Trinajstić information content (AvgIpc) is 2.84. The fourth-order valence-corrected chi connectivity index (χ4v) is 2.82. The van der Waals surface area contributed by atoms with Gasteiger partial charge in [0.2, 0.25) is 0 Å². The zero-order valence-corrected chi connectivity index (χ0v) is 14.0. The van der Waals surface area contributed by atoms with Crippen LogP contribution in [0.15, 0.2) is 6.07 Å². The highest BCUT2D eigenvalue weighted by atomic mass is 35.5. The van der Waals surface area contributed by atoms with Crippen LogP contribution in [0.4, 0.5) is 0 Å². The number of hydrogen-bond donors (Lipinski definition) is 2. The molecule has 2 N–H and O–H groups in total. The number of nitrogens with zero attached hydrogens (tertiary/aromatic N) is 2. The number of nitrogens with one attached hydrogen (secondary N) is 2. The second kappa shape index (κ2) is 7.49. The molecule has 0 bridgehead atoms. The quantitative estimate of drug-likeness (QED) is 0.867. The molecule has 118 valence electrons. The van der Waals surface area contributed by atoms with Crippen LogP contribution >= 0.6 is 23.2 Å². The Hall–Kier alpha value is -0.750. The van der Waals surface area contributed by atoms with Crippen LogP contribution in [0.5, 0.6) is 0 Å². The molecular weight excluding hydrogens is 311 g/mol. The molecule has 1 fully saturated rings. The summed E-state index contributed by atoms with van der Waals surface area (Å²) in [5.41, 5.74) is 0.396. The molecule has 0 saturated carbocycles. The molecule has 5 nitrogen and oxygen atoms in total. The Bertz CT molecular complexity index is 464. The number of aromatic amines is 1. The van der Waals surface area contributed by atoms with E-state index in [1.807, 2.05) is 0 Å². The van der Waals surface area contributed by atoms with Gasteiger partial charge in [0.1, 0.15) is 10.8 Å². The first kappa shape index (κ1) is 16.6. The molecule has 0 aromatic carbocycles. The van der Waals surface area contributed by atoms with Gasteiger partial charge in [-0.25, -0.2) is 0 Å². The van der Waals surface area contributed by atoms with Crippen LogP contribution in [0.3, 0.4) is 0 Å². The molecule has 21 heavy (non-hydrogen) atoms. The standard InChI is InChI=1S/C14H22Cl2N4O/c1-3-19-4-6-20(7-5-19)10(2)9-17-14(21)12-8-11(15)13(16)18-12/h8,10,18H,3-7,9H2,1-2H3,(H,17,21). The van der Waals surface area contributed by atoms with Gasteiger partial charge in [0.05, 0.1) is 5.02 Å². The van der Waals surface area contributed by atoms with Crippen molar-refractivity contribution in [1.82, 2.24) is 20.1 Å². The van der Waals surface area contributed by atoms with E-state index in [2.05, 4.69) is 33.9 Å². The fourth-order valence-electron chi connectivity index (χ4n) is 2.51. The van der Waals surface area contributed by atoms with E-state index in [1.54, 1.807) is 6.07 Å². The zero-order valence-electron chi connectivity index (χ0n) is 12.5. The molecule has 1 amide bonds. The van der Waals surface area contributed by atoms with Crippen LogP contribution in [0.25, 0.3) is 0 Å². The number of piperazine rings is 1. The molecule has 7 heteroatoms. The largest absolute Gasteiger partial charge is 0.349 e. The molecule has 1 aromatic heterocycles. The van der Waals surface area contributed by atoms with Crippen molar-refractivity contribution in [3.63, 3.8) is 0 Å². The van der Waals surface area contributed by atoms with Crippen LogP contribution in [-0.2, 0) is 0 Å². The van der Waals surface area contributed by atoms with Gasteiger partial charge < -0.3 is 15.2 Å². The van der Waals surface area contributed by atoms with Crippen LogP contribution in [-0.4, -0.2) is 66.0 Å². The number of carbonyl (C=O) groups is 1. The molecule has 2 rings (SSSR count). The fraction of sp³-hybridized carbons (Fsp3) is 0.643. The van der Waals surface area contributed by atoms with Crippen molar-refractivity contribution in [3.8, 4) is 0 Å². The Morgan fingerprint density at radius 1 is 1.38 bits per heavy atom. The second-order valence-electron chi connectivity index (χ2n) is 5.37. The van der Waals surface area contributed by atoms with Gasteiger partial charge in [0, 0.05) is 38.8 Å². The van der Waals surface area contributed by atoms with Crippen molar-refractivity contribution in [3.05, 3.63) is 21.9 Å². The lowest BCUT2D eigenvalue weighted by Crippen LogP contribution is -2.52. The Kier molecular flexibility index (Phi) is 5.93. The van der Waals surface area contributed by atoms with Gasteiger partial charge >= 0.3 is 0 Å². The molecule has 2 heterocycles. The van der Waals surface area contributed by atoms with E-state index in [1.165, 1.54) is 0 Å². The predicted octanol–water partition coefficient (Wildman–Crippen LogP) is 2.08. The van der Waals surface area contributed by atoms with E-state index in [-0.39, 0.29) is 5.91 Å². The van der Waals surface area contributed by atoms with E-state index in [0.29, 0.717) is 28.5 Å². The van der Waals surface area contributed by atoms with E-state index >= 15 is 0 Å². The van der Waals surface area contributed by atoms with Gasteiger partial charge in [0.15, 0.2) is 0 Å². The van der Waals surface area contributed by atoms with Crippen LogP contribution in [0, 0.1) is 0 Å². The van der Waals surface area contributed by atoms with Gasteiger partial charge in [0.25, 0.3) is 5.91 Å². The molecule has 1 aliphatic heterocycles. The molecule has 0 radical (unpaired) electrons. The summed E-state index contributed by atoms with van der Waals surface area (Å²) in [5, 5.41) is 3.58. The lowest BCUT2D eigenvalue weighted by Gasteiger charge is -2.37. The van der Waals surface area contributed by atoms with Crippen LogP contribution < -0.4 is 5.32 Å². The lowest BCUT2D eigenvalue weighted by molar-refractivity contribution is 0.0879. The molecule has 1 aliphatic rings. The number of likely N-dealkylation sites (N-methyl/N-ethyl adjacent to an activating group) is 1. The van der Waals surface area contributed by atoms with Crippen LogP contribution in [0.1, 0.15) is 24.3 Å². The van der Waals surface area contributed by atoms with Gasteiger partial charge in [-0.05, 0) is 19.5 Å². The summed E-state index contributed by atoms with van der Waals surface area (Å²) in [6.45, 7) is 10.3. The highest BCUT2D eigenvalue weighted by Gasteiger charge is 2.21. The van der Waals surface area contributed by atoms with Gasteiger partial charge in [-0.1, -0.05) is 30.1 Å². The average molecular weight is 333 g/mol. The highest BCUT2D eigenvalue weighted by molar-refractivity contribution is 6.41. The first-order valence-electron chi connectivity index (χ1n) is 7.30. The van der Waals surface area contributed by atoms with Crippen molar-refractivity contribution in [2.45, 2.75) is 19.9 Å². The number of halogens is 2. The van der Waals surface area contributed by atoms with E-state index in [4.69, 9.17) is 23.2 Å². The smallest absolute Gasteiger partial charge is 0.267 e. The van der Waals surface area contributed by atoms with Crippen molar-refractivity contribution in [2.24, 2.45) is 0 Å². The first-order chi connectivity index (χ1) is 10.0. The number of carbonyl (C=O) groups excluding carboxylic acids is 1. The summed E-state index contributed by atoms with van der Waals surface area (Å²) < 4.78 is 0. The van der Waals surface area contributed by atoms with Crippen LogP contribution in [0.2, 0.25) is 10.2 Å². The van der Waals surface area contributed by atoms with Gasteiger partial charge in [-0.15, -0.1) is 0 Å². The monoisotopic (exact) mass is 332 g/mol. The SMILES string of the molecule is CCN1CCN(C(C)CNC(=O)c2cc(Cl)c(Cl)[nH]2)CC1. The van der Waals surface area contributed by atoms with Gasteiger partial charge in [-0.3, -0.25) is 9.69 Å². The third kappa shape index (κ3) is 4.36. The summed E-state index contributed by atoms with van der Waals surface area (Å²) in [6.07, 6.45) is 0. The maximum atomic E-state index is 12.0. The number of aromatic nitrogens is 1. The first-order valence-corrected chi connectivity index (χ1v) is 8.05. The van der Waals surface area contributed by atoms with E-state index < -0.39 is 0 Å². The number of amides is 1. The maximum Gasteiger partial charge on any atom is 0.267 e. The van der Waals surface area contributed by atoms with Gasteiger partial charge in [-0.2, -0.15) is 0 Å². The molecule has 1 aromatic rings. The van der Waals surface area contributed by atoms with Crippen molar-refractivity contribution < 1.29 is 4.79 Å². The number of rotatable bonds is 5. The van der Waals surface area contributed by atoms with E-state index in [0.717, 1.165) is 32.7 Å². The number of H-pyrrole nitrogens is 1. The Morgan fingerprint density at radius 3 is 2.57 bits per heavy atom. The second-order valence-corrected chi connectivity index (χ2v) is 6.16. The molecular formula is C14H22Cl2N4O. The molecule has 1 unspecified atom stereocenters. The minimum Gasteiger partial charge on any atom is -0.349 e. The highest BCUT2D eigenvalue weighted by Crippen LogP contribution is 2.21. The Labute approximate surface area is 135 Å². The number of hydrogen-bond acceptors (Lipinski definition) is 3. The zero-order chi connectivity index (χ0) is 15.4. The van der Waals surface area contributed by atoms with Crippen molar-refractivity contribution in [2.75, 3.05) is 39.3 Å². The lowest BCUT2D eigenvalue weighted by atomic mass is 10.2. The summed E-state index contributed by atoms with van der Waals surface area (Å²) in [6, 6.07) is 1.86. The maximum absolute atomic E-state index is 12.0. The Balaban J connectivity index is 1.78. The summed E-state index contributed by atoms with van der Waals surface area (Å²) in [4.78, 5) is 19.6. The summed E-state index contributed by atoms with van der Waals surface area (Å²) >= 11 is 11.6.